The van der Waals surface area contributed by atoms with E-state index in [2.05, 4.69) is 27.9 Å². The highest BCUT2D eigenvalue weighted by molar-refractivity contribution is 5.84. The molecule has 0 amide bonds. The summed E-state index contributed by atoms with van der Waals surface area (Å²) in [6.45, 7) is 1.98. The largest absolute Gasteiger partial charge is 0.268 e. The molecule has 3 heterocycles. The standard InChI is InChI=1S/C33H22N4O/c1-23-20-24(10-11-26-6-4-18-34-22-26)13-16-31(23)37-32(36-30-9-3-2-8-28(30)33(37)38)17-14-25-12-15-29-27(21-25)7-5-19-35-29/h2-9,12-22H,1H3. The molecule has 0 aliphatic heterocycles. The summed E-state index contributed by atoms with van der Waals surface area (Å²) >= 11 is 0. The number of aromatic nitrogens is 4. The predicted octanol–water partition coefficient (Wildman–Crippen LogP) is 6.21. The first-order valence-electron chi connectivity index (χ1n) is 12.2. The van der Waals surface area contributed by atoms with Gasteiger partial charge in [0.2, 0.25) is 0 Å². The predicted molar refractivity (Wildman–Crippen MR) is 153 cm³/mol. The number of benzene rings is 3. The number of hydrogen-bond donors (Lipinski definition) is 0. The second-order valence-electron chi connectivity index (χ2n) is 8.91. The third-order valence-electron chi connectivity index (χ3n) is 6.30. The molecule has 3 aromatic carbocycles. The Hall–Kier alpha value is -5.34. The van der Waals surface area contributed by atoms with Crippen molar-refractivity contribution in [2.75, 3.05) is 0 Å². The van der Waals surface area contributed by atoms with Crippen LogP contribution < -0.4 is 5.56 Å². The molecule has 5 nitrogen and oxygen atoms in total. The van der Waals surface area contributed by atoms with Crippen molar-refractivity contribution in [1.82, 2.24) is 19.5 Å². The van der Waals surface area contributed by atoms with Crippen molar-refractivity contribution in [2.24, 2.45) is 0 Å². The van der Waals surface area contributed by atoms with Crippen LogP contribution in [-0.2, 0) is 0 Å². The molecule has 6 rings (SSSR count). The molecular formula is C33H22N4O. The van der Waals surface area contributed by atoms with Crippen LogP contribution in [0.1, 0.15) is 28.1 Å². The highest BCUT2D eigenvalue weighted by atomic mass is 16.1. The third kappa shape index (κ3) is 4.59. The molecule has 3 aromatic heterocycles. The van der Waals surface area contributed by atoms with E-state index < -0.39 is 0 Å². The Labute approximate surface area is 219 Å². The minimum atomic E-state index is -0.116. The van der Waals surface area contributed by atoms with Crippen molar-refractivity contribution < 1.29 is 0 Å². The maximum absolute atomic E-state index is 13.7. The first kappa shape index (κ1) is 23.1. The topological polar surface area (TPSA) is 60.7 Å². The van der Waals surface area contributed by atoms with Gasteiger partial charge in [0.05, 0.1) is 22.1 Å². The van der Waals surface area contributed by atoms with Crippen molar-refractivity contribution in [3.8, 4) is 17.5 Å². The minimum absolute atomic E-state index is 0.116. The van der Waals surface area contributed by atoms with E-state index in [0.29, 0.717) is 16.7 Å². The fourth-order valence-corrected chi connectivity index (χ4v) is 4.43. The Morgan fingerprint density at radius 2 is 1.66 bits per heavy atom. The normalized spacial score (nSPS) is 11.1. The summed E-state index contributed by atoms with van der Waals surface area (Å²) in [4.78, 5) is 27.1. The molecule has 0 saturated heterocycles. The van der Waals surface area contributed by atoms with Gasteiger partial charge in [-0.25, -0.2) is 4.98 Å². The molecule has 0 N–H and O–H groups in total. The zero-order chi connectivity index (χ0) is 25.9. The van der Waals surface area contributed by atoms with Gasteiger partial charge in [-0.15, -0.1) is 0 Å². The molecule has 5 heteroatoms. The smallest absolute Gasteiger partial charge is 0.266 e. The molecule has 0 unspecified atom stereocenters. The molecule has 0 fully saturated rings. The van der Waals surface area contributed by atoms with Crippen LogP contribution >= 0.6 is 0 Å². The van der Waals surface area contributed by atoms with E-state index in [1.165, 1.54) is 0 Å². The summed E-state index contributed by atoms with van der Waals surface area (Å²) < 4.78 is 1.68. The molecule has 0 spiro atoms. The van der Waals surface area contributed by atoms with Gasteiger partial charge in [0.15, 0.2) is 0 Å². The van der Waals surface area contributed by atoms with Crippen molar-refractivity contribution >= 4 is 34.0 Å². The third-order valence-corrected chi connectivity index (χ3v) is 6.30. The Bertz CT molecular complexity index is 1960. The number of aryl methyl sites for hydroxylation is 1. The summed E-state index contributed by atoms with van der Waals surface area (Å²) in [6.07, 6.45) is 9.11. The molecule has 38 heavy (non-hydrogen) atoms. The van der Waals surface area contributed by atoms with Gasteiger partial charge in [0.1, 0.15) is 5.82 Å². The fourth-order valence-electron chi connectivity index (χ4n) is 4.43. The van der Waals surface area contributed by atoms with Crippen LogP contribution in [0.3, 0.4) is 0 Å². The second kappa shape index (κ2) is 9.96. The molecule has 0 aliphatic rings. The highest BCUT2D eigenvalue weighted by Gasteiger charge is 2.13. The van der Waals surface area contributed by atoms with Gasteiger partial charge in [0, 0.05) is 35.1 Å². The molecule has 0 radical (unpaired) electrons. The SMILES string of the molecule is Cc1cc(C#Cc2cccnc2)ccc1-n1c(C=Cc2ccc3ncccc3c2)nc2ccccc2c1=O. The molecule has 0 bridgehead atoms. The molecule has 180 valence electrons. The number of para-hydroxylation sites is 1. The molecule has 6 aromatic rings. The quantitative estimate of drug-likeness (QED) is 0.277. The van der Waals surface area contributed by atoms with E-state index in [1.807, 2.05) is 97.9 Å². The van der Waals surface area contributed by atoms with Gasteiger partial charge in [-0.2, -0.15) is 0 Å². The minimum Gasteiger partial charge on any atom is -0.268 e. The first-order chi connectivity index (χ1) is 18.7. The Kier molecular flexibility index (Phi) is 6.05. The lowest BCUT2D eigenvalue weighted by Gasteiger charge is -2.14. The van der Waals surface area contributed by atoms with E-state index in [4.69, 9.17) is 4.98 Å². The first-order valence-corrected chi connectivity index (χ1v) is 12.2. The second-order valence-corrected chi connectivity index (χ2v) is 8.91. The van der Waals surface area contributed by atoms with E-state index in [0.717, 1.165) is 38.8 Å². The zero-order valence-electron chi connectivity index (χ0n) is 20.7. The van der Waals surface area contributed by atoms with Crippen LogP contribution in [0.2, 0.25) is 0 Å². The average Bonchev–Trinajstić information content (AvgIpc) is 2.96. The summed E-state index contributed by atoms with van der Waals surface area (Å²) in [6, 6.07) is 27.1. The molecule has 0 saturated carbocycles. The summed E-state index contributed by atoms with van der Waals surface area (Å²) in [5.41, 5.74) is 5.88. The monoisotopic (exact) mass is 490 g/mol. The Balaban J connectivity index is 1.45. The number of fused-ring (bicyclic) bond motifs is 2. The highest BCUT2D eigenvalue weighted by Crippen LogP contribution is 2.20. The molecule has 0 aliphatic carbocycles. The number of rotatable bonds is 3. The van der Waals surface area contributed by atoms with Gasteiger partial charge in [-0.05, 0) is 84.8 Å². The zero-order valence-corrected chi connectivity index (χ0v) is 20.7. The lowest BCUT2D eigenvalue weighted by Crippen LogP contribution is -2.23. The van der Waals surface area contributed by atoms with Crippen molar-refractivity contribution in [3.05, 3.63) is 142 Å². The van der Waals surface area contributed by atoms with E-state index in [1.54, 1.807) is 23.2 Å². The fraction of sp³-hybridized carbons (Fsp3) is 0.0303. The van der Waals surface area contributed by atoms with Crippen LogP contribution in [0.5, 0.6) is 0 Å². The summed E-state index contributed by atoms with van der Waals surface area (Å²) in [7, 11) is 0. The maximum atomic E-state index is 13.7. The van der Waals surface area contributed by atoms with Crippen LogP contribution in [0.25, 0.3) is 39.6 Å². The average molecular weight is 491 g/mol. The molecule has 0 atom stereocenters. The number of pyridine rings is 2. The van der Waals surface area contributed by atoms with Crippen molar-refractivity contribution in [3.63, 3.8) is 0 Å². The Morgan fingerprint density at radius 1 is 0.789 bits per heavy atom. The van der Waals surface area contributed by atoms with Crippen molar-refractivity contribution in [1.29, 1.82) is 0 Å². The number of nitrogens with zero attached hydrogens (tertiary/aromatic N) is 4. The van der Waals surface area contributed by atoms with Gasteiger partial charge in [-0.3, -0.25) is 19.3 Å². The lowest BCUT2D eigenvalue weighted by atomic mass is 10.1. The summed E-state index contributed by atoms with van der Waals surface area (Å²) in [5, 5.41) is 1.62. The van der Waals surface area contributed by atoms with E-state index >= 15 is 0 Å². The molecular weight excluding hydrogens is 468 g/mol. The maximum Gasteiger partial charge on any atom is 0.266 e. The van der Waals surface area contributed by atoms with E-state index in [9.17, 15) is 4.79 Å². The van der Waals surface area contributed by atoms with Gasteiger partial charge < -0.3 is 0 Å². The van der Waals surface area contributed by atoms with Crippen LogP contribution in [0, 0.1) is 18.8 Å². The Morgan fingerprint density at radius 3 is 2.53 bits per heavy atom. The van der Waals surface area contributed by atoms with E-state index in [-0.39, 0.29) is 5.56 Å². The van der Waals surface area contributed by atoms with Crippen molar-refractivity contribution in [2.45, 2.75) is 6.92 Å². The number of hydrogen-bond acceptors (Lipinski definition) is 4. The van der Waals surface area contributed by atoms with Crippen LogP contribution in [0.15, 0.2) is 108 Å². The van der Waals surface area contributed by atoms with Gasteiger partial charge >= 0.3 is 0 Å². The van der Waals surface area contributed by atoms with Crippen LogP contribution in [0.4, 0.5) is 0 Å². The van der Waals surface area contributed by atoms with Crippen LogP contribution in [-0.4, -0.2) is 19.5 Å². The van der Waals surface area contributed by atoms with Gasteiger partial charge in [-0.1, -0.05) is 42.2 Å². The summed E-state index contributed by atoms with van der Waals surface area (Å²) in [5.74, 6) is 6.88. The lowest BCUT2D eigenvalue weighted by molar-refractivity contribution is 0.934. The van der Waals surface area contributed by atoms with Gasteiger partial charge in [0.25, 0.3) is 5.56 Å².